The summed E-state index contributed by atoms with van der Waals surface area (Å²) in [6.07, 6.45) is 0. The fourth-order valence-electron chi connectivity index (χ4n) is 1.27. The van der Waals surface area contributed by atoms with E-state index in [0.717, 1.165) is 9.26 Å². The van der Waals surface area contributed by atoms with Crippen molar-refractivity contribution < 1.29 is 9.90 Å². The van der Waals surface area contributed by atoms with E-state index in [4.69, 9.17) is 5.11 Å². The van der Waals surface area contributed by atoms with Gasteiger partial charge in [-0.1, -0.05) is 13.8 Å². The lowest BCUT2D eigenvalue weighted by molar-refractivity contribution is 0.0688. The molecule has 13 heavy (non-hydrogen) atoms. The summed E-state index contributed by atoms with van der Waals surface area (Å²) >= 11 is 2.03. The Kier molecular flexibility index (Phi) is 2.94. The number of halogens is 1. The van der Waals surface area contributed by atoms with E-state index >= 15 is 0 Å². The predicted molar refractivity (Wildman–Crippen MR) is 57.0 cm³/mol. The number of aromatic carboxylic acids is 1. The molecule has 0 aliphatic heterocycles. The van der Waals surface area contributed by atoms with Crippen molar-refractivity contribution in [2.24, 2.45) is 7.05 Å². The van der Waals surface area contributed by atoms with Gasteiger partial charge in [-0.3, -0.25) is 4.68 Å². The van der Waals surface area contributed by atoms with Crippen molar-refractivity contribution in [2.75, 3.05) is 0 Å². The van der Waals surface area contributed by atoms with Crippen LogP contribution in [0.15, 0.2) is 0 Å². The van der Waals surface area contributed by atoms with Crippen molar-refractivity contribution >= 4 is 28.6 Å². The number of rotatable bonds is 2. The lowest BCUT2D eigenvalue weighted by atomic mass is 10.1. The maximum absolute atomic E-state index is 10.7. The molecular formula is C8H11IN2O2. The summed E-state index contributed by atoms with van der Waals surface area (Å²) in [5.74, 6) is -0.676. The number of hydrogen-bond donors (Lipinski definition) is 1. The lowest BCUT2D eigenvalue weighted by Gasteiger charge is -2.05. The number of nitrogens with zero attached hydrogens (tertiary/aromatic N) is 2. The van der Waals surface area contributed by atoms with Gasteiger partial charge in [-0.05, 0) is 28.5 Å². The van der Waals surface area contributed by atoms with Crippen LogP contribution < -0.4 is 0 Å². The lowest BCUT2D eigenvalue weighted by Crippen LogP contribution is -2.01. The summed E-state index contributed by atoms with van der Waals surface area (Å²) in [6.45, 7) is 4.04. The van der Waals surface area contributed by atoms with Crippen LogP contribution in [0.25, 0.3) is 0 Å². The predicted octanol–water partition coefficient (Wildman–Crippen LogP) is 1.85. The molecule has 1 aromatic rings. The molecule has 4 nitrogen and oxygen atoms in total. The first kappa shape index (κ1) is 10.5. The minimum atomic E-state index is -0.966. The molecule has 0 atom stereocenters. The molecule has 0 amide bonds. The maximum atomic E-state index is 10.7. The zero-order valence-electron chi connectivity index (χ0n) is 7.71. The summed E-state index contributed by atoms with van der Waals surface area (Å²) in [5.41, 5.74) is 1.12. The van der Waals surface area contributed by atoms with Gasteiger partial charge in [0.15, 0.2) is 5.69 Å². The molecule has 0 saturated carbocycles. The first-order valence-electron chi connectivity index (χ1n) is 3.90. The van der Waals surface area contributed by atoms with Crippen LogP contribution in [0, 0.1) is 3.57 Å². The van der Waals surface area contributed by atoms with E-state index in [-0.39, 0.29) is 11.6 Å². The highest BCUT2D eigenvalue weighted by Gasteiger charge is 2.20. The summed E-state index contributed by atoms with van der Waals surface area (Å²) in [4.78, 5) is 10.7. The van der Waals surface area contributed by atoms with E-state index in [2.05, 4.69) is 5.10 Å². The molecule has 0 radical (unpaired) electrons. The Morgan fingerprint density at radius 1 is 1.62 bits per heavy atom. The van der Waals surface area contributed by atoms with Gasteiger partial charge in [0.1, 0.15) is 0 Å². The Labute approximate surface area is 90.1 Å². The van der Waals surface area contributed by atoms with Crippen LogP contribution in [0.3, 0.4) is 0 Å². The Bertz CT molecular complexity index is 344. The van der Waals surface area contributed by atoms with Crippen LogP contribution >= 0.6 is 22.6 Å². The van der Waals surface area contributed by atoms with Gasteiger partial charge in [-0.2, -0.15) is 5.10 Å². The Hall–Kier alpha value is -0.590. The molecule has 5 heteroatoms. The van der Waals surface area contributed by atoms with Crippen LogP contribution in [0.2, 0.25) is 0 Å². The van der Waals surface area contributed by atoms with Crippen LogP contribution in [0.1, 0.15) is 35.9 Å². The monoisotopic (exact) mass is 294 g/mol. The molecular weight excluding hydrogens is 283 g/mol. The smallest absolute Gasteiger partial charge is 0.357 e. The van der Waals surface area contributed by atoms with Gasteiger partial charge < -0.3 is 5.11 Å². The largest absolute Gasteiger partial charge is 0.476 e. The standard InChI is InChI=1S/C8H11IN2O2/c1-4(2)7-5(9)6(8(12)13)10-11(7)3/h4H,1-3H3,(H,12,13). The number of aryl methyl sites for hydroxylation is 1. The molecule has 0 fully saturated rings. The molecule has 0 unspecified atom stereocenters. The quantitative estimate of drug-likeness (QED) is 0.847. The van der Waals surface area contributed by atoms with E-state index in [9.17, 15) is 4.79 Å². The van der Waals surface area contributed by atoms with Gasteiger partial charge in [0.25, 0.3) is 0 Å². The van der Waals surface area contributed by atoms with Crippen molar-refractivity contribution in [2.45, 2.75) is 19.8 Å². The fourth-order valence-corrected chi connectivity index (χ4v) is 2.59. The van der Waals surface area contributed by atoms with Gasteiger partial charge in [-0.25, -0.2) is 4.79 Å². The zero-order valence-corrected chi connectivity index (χ0v) is 9.86. The minimum Gasteiger partial charge on any atom is -0.476 e. The summed E-state index contributed by atoms with van der Waals surface area (Å²) in [5, 5.41) is 12.7. The van der Waals surface area contributed by atoms with Gasteiger partial charge in [0.2, 0.25) is 0 Å². The van der Waals surface area contributed by atoms with Crippen molar-refractivity contribution in [1.29, 1.82) is 0 Å². The second-order valence-electron chi connectivity index (χ2n) is 3.13. The minimum absolute atomic E-state index is 0.145. The normalized spacial score (nSPS) is 10.8. The van der Waals surface area contributed by atoms with Crippen LogP contribution in [0.4, 0.5) is 0 Å². The van der Waals surface area contributed by atoms with Gasteiger partial charge in [-0.15, -0.1) is 0 Å². The molecule has 0 aliphatic rings. The molecule has 0 bridgehead atoms. The van der Waals surface area contributed by atoms with E-state index in [1.165, 1.54) is 0 Å². The van der Waals surface area contributed by atoms with E-state index in [1.807, 2.05) is 36.4 Å². The van der Waals surface area contributed by atoms with Crippen LogP contribution in [-0.2, 0) is 7.05 Å². The third-order valence-electron chi connectivity index (χ3n) is 1.78. The number of hydrogen-bond acceptors (Lipinski definition) is 2. The second-order valence-corrected chi connectivity index (χ2v) is 4.21. The van der Waals surface area contributed by atoms with Crippen LogP contribution in [-0.4, -0.2) is 20.9 Å². The second kappa shape index (κ2) is 3.65. The van der Waals surface area contributed by atoms with Crippen molar-refractivity contribution in [3.63, 3.8) is 0 Å². The van der Waals surface area contributed by atoms with Crippen LogP contribution in [0.5, 0.6) is 0 Å². The average molecular weight is 294 g/mol. The van der Waals surface area contributed by atoms with Gasteiger partial charge >= 0.3 is 5.97 Å². The first-order chi connectivity index (χ1) is 5.95. The number of aromatic nitrogens is 2. The van der Waals surface area contributed by atoms with E-state index in [0.29, 0.717) is 0 Å². The highest BCUT2D eigenvalue weighted by atomic mass is 127. The maximum Gasteiger partial charge on any atom is 0.357 e. The number of carbonyl (C=O) groups is 1. The van der Waals surface area contributed by atoms with Gasteiger partial charge in [0, 0.05) is 7.05 Å². The Morgan fingerprint density at radius 3 is 2.38 bits per heavy atom. The molecule has 0 aromatic carbocycles. The summed E-state index contributed by atoms with van der Waals surface area (Å²) < 4.78 is 2.37. The highest BCUT2D eigenvalue weighted by Crippen LogP contribution is 2.23. The SMILES string of the molecule is CC(C)c1c(I)c(C(=O)O)nn1C. The first-order valence-corrected chi connectivity index (χ1v) is 4.98. The molecule has 1 rings (SSSR count). The van der Waals surface area contributed by atoms with Crippen molar-refractivity contribution in [1.82, 2.24) is 9.78 Å². The molecule has 72 valence electrons. The third kappa shape index (κ3) is 1.84. The Morgan fingerprint density at radius 2 is 2.15 bits per heavy atom. The number of carboxylic acids is 1. The number of carboxylic acid groups (broad SMARTS) is 1. The molecule has 1 aromatic heterocycles. The van der Waals surface area contributed by atoms with Crippen molar-refractivity contribution in [3.05, 3.63) is 15.0 Å². The molecule has 0 spiro atoms. The van der Waals surface area contributed by atoms with E-state index in [1.54, 1.807) is 11.7 Å². The molecule has 1 N–H and O–H groups in total. The molecule has 0 saturated heterocycles. The Balaban J connectivity index is 3.30. The topological polar surface area (TPSA) is 55.1 Å². The summed E-state index contributed by atoms with van der Waals surface area (Å²) in [7, 11) is 1.77. The fraction of sp³-hybridized carbons (Fsp3) is 0.500. The van der Waals surface area contributed by atoms with E-state index < -0.39 is 5.97 Å². The average Bonchev–Trinajstić information content (AvgIpc) is 2.26. The van der Waals surface area contributed by atoms with Crippen molar-refractivity contribution in [3.8, 4) is 0 Å². The highest BCUT2D eigenvalue weighted by molar-refractivity contribution is 14.1. The third-order valence-corrected chi connectivity index (χ3v) is 2.84. The zero-order chi connectivity index (χ0) is 10.2. The summed E-state index contributed by atoms with van der Waals surface area (Å²) in [6, 6.07) is 0. The molecule has 1 heterocycles. The van der Waals surface area contributed by atoms with Gasteiger partial charge in [0.05, 0.1) is 9.26 Å². The molecule has 0 aliphatic carbocycles.